The van der Waals surface area contributed by atoms with Crippen LogP contribution in [0.25, 0.3) is 10.9 Å². The van der Waals surface area contributed by atoms with E-state index in [1.54, 1.807) is 38.5 Å². The fraction of sp³-hybridized carbons (Fsp3) is 0.318. The van der Waals surface area contributed by atoms with E-state index in [0.717, 1.165) is 43.3 Å². The van der Waals surface area contributed by atoms with E-state index in [4.69, 9.17) is 9.47 Å². The first kappa shape index (κ1) is 19.5. The molecule has 4 rings (SSSR count). The highest BCUT2D eigenvalue weighted by Crippen LogP contribution is 2.38. The summed E-state index contributed by atoms with van der Waals surface area (Å²) in [4.78, 5) is 7.07. The van der Waals surface area contributed by atoms with Gasteiger partial charge in [0.25, 0.3) is 0 Å². The monoisotopic (exact) mass is 412 g/mol. The number of anilines is 1. The number of aromatic nitrogens is 1. The fourth-order valence-electron chi connectivity index (χ4n) is 3.79. The molecule has 1 aromatic heterocycles. The SMILES string of the molecule is COc1ccc(S(=O)(=O)c2cnc3ccc(OC)cc3c2N2CCCCC2)cc1. The Bertz CT molecular complexity index is 1120. The molecule has 152 valence electrons. The number of rotatable bonds is 5. The molecule has 7 heteroatoms. The summed E-state index contributed by atoms with van der Waals surface area (Å²) in [6.45, 7) is 1.64. The van der Waals surface area contributed by atoms with Gasteiger partial charge in [-0.25, -0.2) is 8.42 Å². The van der Waals surface area contributed by atoms with Crippen LogP contribution in [0.5, 0.6) is 11.5 Å². The van der Waals surface area contributed by atoms with E-state index in [-0.39, 0.29) is 9.79 Å². The van der Waals surface area contributed by atoms with E-state index in [1.165, 1.54) is 6.20 Å². The number of nitrogens with zero attached hydrogens (tertiary/aromatic N) is 2. The van der Waals surface area contributed by atoms with Crippen LogP contribution in [0.2, 0.25) is 0 Å². The summed E-state index contributed by atoms with van der Waals surface area (Å²) >= 11 is 0. The van der Waals surface area contributed by atoms with Gasteiger partial charge >= 0.3 is 0 Å². The van der Waals surface area contributed by atoms with Crippen molar-refractivity contribution >= 4 is 26.4 Å². The standard InChI is InChI=1S/C22H24N2O4S/c1-27-16-6-9-18(10-7-16)29(25,26)21-15-23-20-11-8-17(28-2)14-19(20)22(21)24-12-4-3-5-13-24/h6-11,14-15H,3-5,12-13H2,1-2H3. The number of sulfone groups is 1. The van der Waals surface area contributed by atoms with E-state index in [1.807, 2.05) is 18.2 Å². The Labute approximate surface area is 171 Å². The van der Waals surface area contributed by atoms with Crippen LogP contribution < -0.4 is 14.4 Å². The van der Waals surface area contributed by atoms with Gasteiger partial charge in [-0.05, 0) is 61.7 Å². The van der Waals surface area contributed by atoms with Gasteiger partial charge in [0.1, 0.15) is 16.4 Å². The van der Waals surface area contributed by atoms with Crippen molar-refractivity contribution in [1.82, 2.24) is 4.98 Å². The third-order valence-corrected chi connectivity index (χ3v) is 7.12. The topological polar surface area (TPSA) is 68.7 Å². The molecule has 0 spiro atoms. The first-order valence-corrected chi connectivity index (χ1v) is 11.1. The molecule has 0 N–H and O–H groups in total. The summed E-state index contributed by atoms with van der Waals surface area (Å²) < 4.78 is 37.7. The molecule has 0 saturated carbocycles. The summed E-state index contributed by atoms with van der Waals surface area (Å²) in [6, 6.07) is 12.0. The Hall–Kier alpha value is -2.80. The number of fused-ring (bicyclic) bond motifs is 1. The van der Waals surface area contributed by atoms with E-state index < -0.39 is 9.84 Å². The van der Waals surface area contributed by atoms with E-state index >= 15 is 0 Å². The maximum atomic E-state index is 13.6. The molecule has 0 aliphatic carbocycles. The molecule has 2 heterocycles. The quantitative estimate of drug-likeness (QED) is 0.629. The number of hydrogen-bond donors (Lipinski definition) is 0. The van der Waals surface area contributed by atoms with Crippen LogP contribution >= 0.6 is 0 Å². The predicted molar refractivity (Wildman–Crippen MR) is 113 cm³/mol. The lowest BCUT2D eigenvalue weighted by Gasteiger charge is -2.31. The van der Waals surface area contributed by atoms with Crippen molar-refractivity contribution in [2.45, 2.75) is 29.1 Å². The molecule has 1 aliphatic heterocycles. The number of benzene rings is 2. The Kier molecular flexibility index (Phi) is 5.32. The van der Waals surface area contributed by atoms with Crippen molar-refractivity contribution < 1.29 is 17.9 Å². The van der Waals surface area contributed by atoms with Crippen molar-refractivity contribution in [1.29, 1.82) is 0 Å². The molecule has 1 aliphatic rings. The zero-order valence-corrected chi connectivity index (χ0v) is 17.4. The van der Waals surface area contributed by atoms with E-state index in [0.29, 0.717) is 17.2 Å². The number of ether oxygens (including phenoxy) is 2. The average molecular weight is 413 g/mol. The molecular weight excluding hydrogens is 388 g/mol. The molecule has 1 saturated heterocycles. The molecule has 29 heavy (non-hydrogen) atoms. The van der Waals surface area contributed by atoms with Crippen LogP contribution in [0.15, 0.2) is 58.5 Å². The van der Waals surface area contributed by atoms with Gasteiger partial charge in [0, 0.05) is 24.7 Å². The molecule has 0 radical (unpaired) electrons. The molecule has 3 aromatic rings. The Balaban J connectivity index is 1.94. The van der Waals surface area contributed by atoms with Crippen molar-refractivity contribution in [3.63, 3.8) is 0 Å². The molecule has 6 nitrogen and oxygen atoms in total. The summed E-state index contributed by atoms with van der Waals surface area (Å²) in [5.41, 5.74) is 1.46. The Morgan fingerprint density at radius 1 is 0.897 bits per heavy atom. The van der Waals surface area contributed by atoms with E-state index in [2.05, 4.69) is 9.88 Å². The first-order chi connectivity index (χ1) is 14.0. The van der Waals surface area contributed by atoms with Crippen LogP contribution in [0, 0.1) is 0 Å². The number of pyridine rings is 1. The Morgan fingerprint density at radius 3 is 2.21 bits per heavy atom. The second-order valence-corrected chi connectivity index (χ2v) is 9.00. The third-order valence-electron chi connectivity index (χ3n) is 5.34. The molecular formula is C22H24N2O4S. The van der Waals surface area contributed by atoms with Gasteiger partial charge in [0.2, 0.25) is 9.84 Å². The molecule has 2 aromatic carbocycles. The molecule has 1 fully saturated rings. The third kappa shape index (κ3) is 3.62. The lowest BCUT2D eigenvalue weighted by Crippen LogP contribution is -2.31. The van der Waals surface area contributed by atoms with Crippen molar-refractivity contribution in [3.8, 4) is 11.5 Å². The number of hydrogen-bond acceptors (Lipinski definition) is 6. The van der Waals surface area contributed by atoms with Crippen molar-refractivity contribution in [2.75, 3.05) is 32.2 Å². The second kappa shape index (κ2) is 7.91. The zero-order valence-electron chi connectivity index (χ0n) is 16.6. The summed E-state index contributed by atoms with van der Waals surface area (Å²) in [5, 5.41) is 0.792. The van der Waals surface area contributed by atoms with Gasteiger partial charge in [-0.1, -0.05) is 0 Å². The summed E-state index contributed by atoms with van der Waals surface area (Å²) in [6.07, 6.45) is 4.72. The Morgan fingerprint density at radius 2 is 1.55 bits per heavy atom. The van der Waals surface area contributed by atoms with Crippen molar-refractivity contribution in [3.05, 3.63) is 48.7 Å². The van der Waals surface area contributed by atoms with Gasteiger partial charge in [0.15, 0.2) is 0 Å². The molecule has 0 bridgehead atoms. The molecule has 0 atom stereocenters. The van der Waals surface area contributed by atoms with Gasteiger partial charge in [-0.15, -0.1) is 0 Å². The lowest BCUT2D eigenvalue weighted by atomic mass is 10.1. The number of piperidine rings is 1. The first-order valence-electron chi connectivity index (χ1n) is 9.65. The summed E-state index contributed by atoms with van der Waals surface area (Å²) in [7, 11) is -0.597. The molecule has 0 amide bonds. The van der Waals surface area contributed by atoms with E-state index in [9.17, 15) is 8.42 Å². The largest absolute Gasteiger partial charge is 0.497 e. The van der Waals surface area contributed by atoms with Crippen LogP contribution in [-0.4, -0.2) is 40.7 Å². The minimum absolute atomic E-state index is 0.223. The average Bonchev–Trinajstić information content (AvgIpc) is 2.78. The highest BCUT2D eigenvalue weighted by atomic mass is 32.2. The van der Waals surface area contributed by atoms with Gasteiger partial charge in [0.05, 0.1) is 30.3 Å². The maximum Gasteiger partial charge on any atom is 0.210 e. The van der Waals surface area contributed by atoms with Gasteiger partial charge in [-0.2, -0.15) is 0 Å². The maximum absolute atomic E-state index is 13.6. The highest BCUT2D eigenvalue weighted by molar-refractivity contribution is 7.91. The fourth-order valence-corrected chi connectivity index (χ4v) is 5.22. The van der Waals surface area contributed by atoms with Gasteiger partial charge in [-0.3, -0.25) is 4.98 Å². The van der Waals surface area contributed by atoms with Crippen LogP contribution in [-0.2, 0) is 9.84 Å². The second-order valence-electron chi connectivity index (χ2n) is 7.08. The molecule has 0 unspecified atom stereocenters. The normalized spacial score (nSPS) is 14.8. The minimum atomic E-state index is -3.76. The van der Waals surface area contributed by atoms with Crippen LogP contribution in [0.1, 0.15) is 19.3 Å². The zero-order chi connectivity index (χ0) is 20.4. The predicted octanol–water partition coefficient (Wildman–Crippen LogP) is 4.08. The highest BCUT2D eigenvalue weighted by Gasteiger charge is 2.28. The minimum Gasteiger partial charge on any atom is -0.497 e. The number of methoxy groups -OCH3 is 2. The summed E-state index contributed by atoms with van der Waals surface area (Å²) in [5.74, 6) is 1.29. The lowest BCUT2D eigenvalue weighted by molar-refractivity contribution is 0.414. The van der Waals surface area contributed by atoms with Gasteiger partial charge < -0.3 is 14.4 Å². The van der Waals surface area contributed by atoms with Crippen LogP contribution in [0.3, 0.4) is 0 Å². The van der Waals surface area contributed by atoms with Crippen molar-refractivity contribution in [2.24, 2.45) is 0 Å². The smallest absolute Gasteiger partial charge is 0.210 e. The van der Waals surface area contributed by atoms with Crippen LogP contribution in [0.4, 0.5) is 5.69 Å².